The van der Waals surface area contributed by atoms with Gasteiger partial charge >= 0.3 is 0 Å². The maximum Gasteiger partial charge on any atom is 0.238 e. The van der Waals surface area contributed by atoms with Gasteiger partial charge < -0.3 is 10.2 Å². The van der Waals surface area contributed by atoms with Gasteiger partial charge in [0.25, 0.3) is 0 Å². The van der Waals surface area contributed by atoms with Gasteiger partial charge in [-0.1, -0.05) is 42.0 Å². The molecule has 2 rings (SSSR count). The number of carbonyl (C=O) groups excluding carboxylic acids is 2. The molecule has 1 N–H and O–H groups in total. The lowest BCUT2D eigenvalue weighted by atomic mass is 10.1. The third kappa shape index (κ3) is 6.73. The number of benzene rings is 2. The monoisotopic (exact) mass is 385 g/mol. The topological polar surface area (TPSA) is 52.7 Å². The Labute approximate surface area is 165 Å². The van der Waals surface area contributed by atoms with Crippen LogP contribution in [0.25, 0.3) is 0 Å². The molecule has 144 valence electrons. The van der Waals surface area contributed by atoms with Crippen LogP contribution in [-0.2, 0) is 16.1 Å². The Hall–Kier alpha value is -2.31. The van der Waals surface area contributed by atoms with Crippen molar-refractivity contribution >= 4 is 29.3 Å². The SMILES string of the molecule is CSc1ccccc1NC(=O)CN(C)CC(=O)N(C)Cc1ccc(C)cc1. The molecule has 0 unspecified atom stereocenters. The smallest absolute Gasteiger partial charge is 0.238 e. The van der Waals surface area contributed by atoms with Crippen molar-refractivity contribution in [3.63, 3.8) is 0 Å². The van der Waals surface area contributed by atoms with Crippen LogP contribution in [0.15, 0.2) is 53.4 Å². The molecular weight excluding hydrogens is 358 g/mol. The summed E-state index contributed by atoms with van der Waals surface area (Å²) in [7, 11) is 3.56. The zero-order chi connectivity index (χ0) is 19.8. The van der Waals surface area contributed by atoms with E-state index in [9.17, 15) is 9.59 Å². The van der Waals surface area contributed by atoms with Crippen LogP contribution in [0.2, 0.25) is 0 Å². The highest BCUT2D eigenvalue weighted by Gasteiger charge is 2.15. The Morgan fingerprint density at radius 2 is 1.67 bits per heavy atom. The molecule has 5 nitrogen and oxygen atoms in total. The fourth-order valence-electron chi connectivity index (χ4n) is 2.65. The molecule has 0 heterocycles. The number of nitrogens with one attached hydrogen (secondary N) is 1. The van der Waals surface area contributed by atoms with E-state index in [1.807, 2.05) is 61.7 Å². The number of carbonyl (C=O) groups is 2. The average molecular weight is 386 g/mol. The zero-order valence-corrected chi connectivity index (χ0v) is 17.2. The van der Waals surface area contributed by atoms with Crippen molar-refractivity contribution in [3.05, 3.63) is 59.7 Å². The van der Waals surface area contributed by atoms with E-state index in [4.69, 9.17) is 0 Å². The first-order valence-electron chi connectivity index (χ1n) is 8.80. The first kappa shape index (κ1) is 21.0. The number of anilines is 1. The van der Waals surface area contributed by atoms with Crippen LogP contribution in [0.4, 0.5) is 5.69 Å². The first-order valence-corrected chi connectivity index (χ1v) is 10.0. The van der Waals surface area contributed by atoms with Gasteiger partial charge in [-0.25, -0.2) is 0 Å². The Morgan fingerprint density at radius 3 is 2.33 bits per heavy atom. The summed E-state index contributed by atoms with van der Waals surface area (Å²) in [4.78, 5) is 29.1. The highest BCUT2D eigenvalue weighted by molar-refractivity contribution is 7.98. The molecule has 0 spiro atoms. The van der Waals surface area contributed by atoms with E-state index in [1.165, 1.54) is 5.56 Å². The summed E-state index contributed by atoms with van der Waals surface area (Å²) in [6, 6.07) is 15.8. The maximum absolute atomic E-state index is 12.4. The van der Waals surface area contributed by atoms with E-state index in [0.29, 0.717) is 6.54 Å². The summed E-state index contributed by atoms with van der Waals surface area (Å²) in [5.74, 6) is -0.150. The molecule has 0 bridgehead atoms. The number of likely N-dealkylation sites (N-methyl/N-ethyl adjacent to an activating group) is 2. The van der Waals surface area contributed by atoms with Gasteiger partial charge in [-0.3, -0.25) is 14.5 Å². The largest absolute Gasteiger partial charge is 0.340 e. The Kier molecular flexibility index (Phi) is 7.88. The van der Waals surface area contributed by atoms with Crippen LogP contribution in [0.3, 0.4) is 0 Å². The van der Waals surface area contributed by atoms with Crippen molar-refractivity contribution in [2.24, 2.45) is 0 Å². The van der Waals surface area contributed by atoms with Crippen molar-refractivity contribution in [1.82, 2.24) is 9.80 Å². The van der Waals surface area contributed by atoms with Crippen molar-refractivity contribution < 1.29 is 9.59 Å². The van der Waals surface area contributed by atoms with Gasteiger partial charge in [-0.05, 0) is 37.9 Å². The molecule has 0 atom stereocenters. The minimum Gasteiger partial charge on any atom is -0.340 e. The summed E-state index contributed by atoms with van der Waals surface area (Å²) in [5, 5.41) is 2.91. The van der Waals surface area contributed by atoms with Crippen LogP contribution >= 0.6 is 11.8 Å². The molecule has 0 aliphatic rings. The van der Waals surface area contributed by atoms with E-state index < -0.39 is 0 Å². The molecule has 6 heteroatoms. The molecule has 2 amide bonds. The molecule has 0 aliphatic carbocycles. The molecular formula is C21H27N3O2S. The maximum atomic E-state index is 12.4. The molecule has 2 aromatic carbocycles. The lowest BCUT2D eigenvalue weighted by Crippen LogP contribution is -2.39. The number of amides is 2. The van der Waals surface area contributed by atoms with Gasteiger partial charge in [0.05, 0.1) is 18.8 Å². The summed E-state index contributed by atoms with van der Waals surface area (Å²) in [5.41, 5.74) is 3.08. The van der Waals surface area contributed by atoms with Gasteiger partial charge in [0.1, 0.15) is 0 Å². The molecule has 27 heavy (non-hydrogen) atoms. The summed E-state index contributed by atoms with van der Waals surface area (Å²) >= 11 is 1.58. The number of rotatable bonds is 8. The quantitative estimate of drug-likeness (QED) is 0.709. The zero-order valence-electron chi connectivity index (χ0n) is 16.4. The van der Waals surface area contributed by atoms with E-state index in [2.05, 4.69) is 5.32 Å². The average Bonchev–Trinajstić information content (AvgIpc) is 2.63. The minimum atomic E-state index is -0.131. The van der Waals surface area contributed by atoms with Crippen LogP contribution < -0.4 is 5.32 Å². The number of aryl methyl sites for hydroxylation is 1. The van der Waals surface area contributed by atoms with E-state index in [-0.39, 0.29) is 24.9 Å². The van der Waals surface area contributed by atoms with Crippen molar-refractivity contribution in [1.29, 1.82) is 0 Å². The molecule has 0 aromatic heterocycles. The van der Waals surface area contributed by atoms with Crippen molar-refractivity contribution in [3.8, 4) is 0 Å². The van der Waals surface area contributed by atoms with Crippen LogP contribution in [0, 0.1) is 6.92 Å². The van der Waals surface area contributed by atoms with Crippen LogP contribution in [0.1, 0.15) is 11.1 Å². The summed E-state index contributed by atoms with van der Waals surface area (Å²) in [6.07, 6.45) is 1.97. The summed E-state index contributed by atoms with van der Waals surface area (Å²) in [6.45, 7) is 2.95. The second-order valence-corrected chi connectivity index (χ2v) is 7.50. The highest BCUT2D eigenvalue weighted by atomic mass is 32.2. The molecule has 2 aromatic rings. The van der Waals surface area contributed by atoms with E-state index in [0.717, 1.165) is 16.1 Å². The minimum absolute atomic E-state index is 0.0182. The van der Waals surface area contributed by atoms with Gasteiger partial charge in [0.15, 0.2) is 0 Å². The number of nitrogens with zero attached hydrogens (tertiary/aromatic N) is 2. The van der Waals surface area contributed by atoms with Crippen molar-refractivity contribution in [2.75, 3.05) is 38.8 Å². The van der Waals surface area contributed by atoms with E-state index >= 15 is 0 Å². The van der Waals surface area contributed by atoms with Crippen molar-refractivity contribution in [2.45, 2.75) is 18.4 Å². The second-order valence-electron chi connectivity index (χ2n) is 6.66. The van der Waals surface area contributed by atoms with Gasteiger partial charge in [0, 0.05) is 18.5 Å². The van der Waals surface area contributed by atoms with Gasteiger partial charge in [-0.2, -0.15) is 0 Å². The fraction of sp³-hybridized carbons (Fsp3) is 0.333. The lowest BCUT2D eigenvalue weighted by Gasteiger charge is -2.22. The Balaban J connectivity index is 1.83. The fourth-order valence-corrected chi connectivity index (χ4v) is 3.20. The predicted molar refractivity (Wildman–Crippen MR) is 112 cm³/mol. The standard InChI is InChI=1S/C21H27N3O2S/c1-16-9-11-17(12-10-16)13-24(3)21(26)15-23(2)14-20(25)22-18-7-5-6-8-19(18)27-4/h5-12H,13-15H2,1-4H3,(H,22,25). The molecule has 0 fully saturated rings. The second kappa shape index (κ2) is 10.1. The number of hydrogen-bond donors (Lipinski definition) is 1. The number of para-hydroxylation sites is 1. The lowest BCUT2D eigenvalue weighted by molar-refractivity contribution is -0.131. The predicted octanol–water partition coefficient (Wildman–Crippen LogP) is 3.25. The highest BCUT2D eigenvalue weighted by Crippen LogP contribution is 2.24. The molecule has 0 saturated heterocycles. The Bertz CT molecular complexity index is 777. The number of hydrogen-bond acceptors (Lipinski definition) is 4. The third-order valence-corrected chi connectivity index (χ3v) is 4.96. The molecule has 0 saturated carbocycles. The molecule has 0 aliphatic heterocycles. The van der Waals surface area contributed by atoms with E-state index in [1.54, 1.807) is 35.7 Å². The molecule has 0 radical (unpaired) electrons. The van der Waals surface area contributed by atoms with Crippen LogP contribution in [-0.4, -0.2) is 55.1 Å². The number of thioether (sulfide) groups is 1. The van der Waals surface area contributed by atoms with Crippen LogP contribution in [0.5, 0.6) is 0 Å². The van der Waals surface area contributed by atoms with Gasteiger partial charge in [0.2, 0.25) is 11.8 Å². The summed E-state index contributed by atoms with van der Waals surface area (Å²) < 4.78 is 0. The first-order chi connectivity index (χ1) is 12.9. The Morgan fingerprint density at radius 1 is 1.00 bits per heavy atom. The third-order valence-electron chi connectivity index (χ3n) is 4.17. The normalized spacial score (nSPS) is 10.7. The van der Waals surface area contributed by atoms with Gasteiger partial charge in [-0.15, -0.1) is 11.8 Å².